The van der Waals surface area contributed by atoms with Gasteiger partial charge >= 0.3 is 29.6 Å². The molecule has 0 bridgehead atoms. The Bertz CT molecular complexity index is 140. The maximum Gasteiger partial charge on any atom is 1.00 e. The fraction of sp³-hybridized carbons (Fsp3) is 1.00. The van der Waals surface area contributed by atoms with Crippen molar-refractivity contribution in [1.82, 2.24) is 0 Å². The number of hydrogen-bond donors (Lipinski definition) is 0. The molecule has 0 aliphatic heterocycles. The van der Waals surface area contributed by atoms with Crippen LogP contribution in [0.15, 0.2) is 0 Å². The number of rotatable bonds is 11. The van der Waals surface area contributed by atoms with Gasteiger partial charge in [0.05, 0.1) is 27.7 Å². The van der Waals surface area contributed by atoms with Crippen molar-refractivity contribution < 1.29 is 34.0 Å². The molecular formula is C15H34NNa+2. The van der Waals surface area contributed by atoms with Crippen molar-refractivity contribution in [3.05, 3.63) is 0 Å². The summed E-state index contributed by atoms with van der Waals surface area (Å²) >= 11 is 0. The van der Waals surface area contributed by atoms with Gasteiger partial charge in [0.1, 0.15) is 0 Å². The average molecular weight is 251 g/mol. The molecule has 0 fully saturated rings. The first-order chi connectivity index (χ1) is 7.56. The van der Waals surface area contributed by atoms with E-state index < -0.39 is 0 Å². The van der Waals surface area contributed by atoms with Gasteiger partial charge < -0.3 is 4.48 Å². The molecule has 0 amide bonds. The minimum Gasteiger partial charge on any atom is -0.331 e. The first kappa shape index (κ1) is 20.3. The van der Waals surface area contributed by atoms with Crippen molar-refractivity contribution in [2.75, 3.05) is 27.7 Å². The first-order valence-electron chi connectivity index (χ1n) is 7.36. The molecule has 0 saturated heterocycles. The molecule has 2 heteroatoms. The van der Waals surface area contributed by atoms with Gasteiger partial charge in [-0.15, -0.1) is 0 Å². The molecule has 0 aliphatic carbocycles. The van der Waals surface area contributed by atoms with E-state index in [2.05, 4.69) is 28.1 Å². The van der Waals surface area contributed by atoms with Crippen LogP contribution < -0.4 is 29.6 Å². The molecule has 0 atom stereocenters. The molecule has 0 aromatic rings. The van der Waals surface area contributed by atoms with Crippen LogP contribution in [0.3, 0.4) is 0 Å². The standard InChI is InChI=1S/C15H34N.Na/c1-5-6-7-8-9-10-11-12-13-14-15-16(2,3)4;/h5-15H2,1-4H3;/q2*+1. The Labute approximate surface area is 132 Å². The summed E-state index contributed by atoms with van der Waals surface area (Å²) in [5.74, 6) is 0. The van der Waals surface area contributed by atoms with E-state index in [4.69, 9.17) is 0 Å². The summed E-state index contributed by atoms with van der Waals surface area (Å²) in [7, 11) is 6.86. The second-order valence-electron chi connectivity index (χ2n) is 6.20. The Morgan fingerprint density at radius 3 is 1.29 bits per heavy atom. The first-order valence-corrected chi connectivity index (χ1v) is 7.36. The van der Waals surface area contributed by atoms with E-state index in [0.717, 1.165) is 4.48 Å². The summed E-state index contributed by atoms with van der Waals surface area (Å²) in [6.45, 7) is 3.62. The molecule has 0 heterocycles. The molecule has 0 radical (unpaired) electrons. The second-order valence-corrected chi connectivity index (χ2v) is 6.20. The van der Waals surface area contributed by atoms with Crippen LogP contribution in [-0.2, 0) is 0 Å². The number of unbranched alkanes of at least 4 members (excludes halogenated alkanes) is 9. The molecule has 1 nitrogen and oxygen atoms in total. The topological polar surface area (TPSA) is 0 Å². The summed E-state index contributed by atoms with van der Waals surface area (Å²) in [6, 6.07) is 0. The van der Waals surface area contributed by atoms with E-state index in [1.807, 2.05) is 0 Å². The molecule has 0 aliphatic rings. The van der Waals surface area contributed by atoms with Gasteiger partial charge in [0.25, 0.3) is 0 Å². The molecule has 0 rings (SSSR count). The fourth-order valence-electron chi connectivity index (χ4n) is 2.07. The third-order valence-electron chi connectivity index (χ3n) is 3.18. The summed E-state index contributed by atoms with van der Waals surface area (Å²) in [4.78, 5) is 0. The van der Waals surface area contributed by atoms with Crippen LogP contribution in [-0.4, -0.2) is 32.2 Å². The van der Waals surface area contributed by atoms with Gasteiger partial charge in [-0.05, 0) is 12.8 Å². The van der Waals surface area contributed by atoms with Gasteiger partial charge in [-0.1, -0.05) is 58.3 Å². The van der Waals surface area contributed by atoms with E-state index in [1.165, 1.54) is 70.8 Å². The largest absolute Gasteiger partial charge is 1.00 e. The summed E-state index contributed by atoms with van der Waals surface area (Å²) in [5.41, 5.74) is 0. The SMILES string of the molecule is CCCCCCCCCCCC[N+](C)(C)C.[Na+]. The molecule has 0 unspecified atom stereocenters. The van der Waals surface area contributed by atoms with Crippen LogP contribution >= 0.6 is 0 Å². The van der Waals surface area contributed by atoms with Crippen LogP contribution in [0.5, 0.6) is 0 Å². The van der Waals surface area contributed by atoms with Crippen LogP contribution in [0.25, 0.3) is 0 Å². The number of quaternary nitrogens is 1. The monoisotopic (exact) mass is 251 g/mol. The zero-order valence-electron chi connectivity index (χ0n) is 13.2. The van der Waals surface area contributed by atoms with Gasteiger partial charge in [0.2, 0.25) is 0 Å². The molecule has 0 spiro atoms. The average Bonchev–Trinajstić information content (AvgIpc) is 2.19. The van der Waals surface area contributed by atoms with Crippen LogP contribution in [0.1, 0.15) is 71.1 Å². The molecular weight excluding hydrogens is 217 g/mol. The van der Waals surface area contributed by atoms with E-state index in [0.29, 0.717) is 0 Å². The van der Waals surface area contributed by atoms with Crippen LogP contribution in [0.2, 0.25) is 0 Å². The Kier molecular flexibility index (Phi) is 16.0. The summed E-state index contributed by atoms with van der Waals surface area (Å²) in [5, 5.41) is 0. The van der Waals surface area contributed by atoms with Gasteiger partial charge in [0.15, 0.2) is 0 Å². The molecule has 0 saturated carbocycles. The van der Waals surface area contributed by atoms with Crippen molar-refractivity contribution in [1.29, 1.82) is 0 Å². The summed E-state index contributed by atoms with van der Waals surface area (Å²) in [6.07, 6.45) is 14.4. The van der Waals surface area contributed by atoms with Gasteiger partial charge in [-0.25, -0.2) is 0 Å². The van der Waals surface area contributed by atoms with E-state index in [1.54, 1.807) is 0 Å². The van der Waals surface area contributed by atoms with E-state index in [9.17, 15) is 0 Å². The Balaban J connectivity index is 0. The van der Waals surface area contributed by atoms with Crippen LogP contribution in [0.4, 0.5) is 0 Å². The predicted molar refractivity (Wildman–Crippen MR) is 74.7 cm³/mol. The van der Waals surface area contributed by atoms with Crippen molar-refractivity contribution in [3.63, 3.8) is 0 Å². The van der Waals surface area contributed by atoms with Crippen molar-refractivity contribution in [2.24, 2.45) is 0 Å². The Morgan fingerprint density at radius 2 is 0.941 bits per heavy atom. The minimum atomic E-state index is 0. The van der Waals surface area contributed by atoms with E-state index in [-0.39, 0.29) is 29.6 Å². The van der Waals surface area contributed by atoms with Gasteiger partial charge in [-0.2, -0.15) is 0 Å². The molecule has 0 N–H and O–H groups in total. The second kappa shape index (κ2) is 13.4. The third-order valence-corrected chi connectivity index (χ3v) is 3.18. The van der Waals surface area contributed by atoms with Crippen LogP contribution in [0, 0.1) is 0 Å². The maximum atomic E-state index is 2.29. The van der Waals surface area contributed by atoms with Crippen molar-refractivity contribution >= 4 is 0 Å². The normalized spacial score (nSPS) is 11.3. The fourth-order valence-corrected chi connectivity index (χ4v) is 2.07. The Hall–Kier alpha value is 0.960. The van der Waals surface area contributed by atoms with Crippen molar-refractivity contribution in [3.8, 4) is 0 Å². The van der Waals surface area contributed by atoms with Crippen molar-refractivity contribution in [2.45, 2.75) is 71.1 Å². The molecule has 17 heavy (non-hydrogen) atoms. The quantitative estimate of drug-likeness (QED) is 0.297. The number of hydrogen-bond acceptors (Lipinski definition) is 0. The summed E-state index contributed by atoms with van der Waals surface area (Å²) < 4.78 is 1.12. The third kappa shape index (κ3) is 19.5. The molecule has 98 valence electrons. The Morgan fingerprint density at radius 1 is 0.588 bits per heavy atom. The zero-order chi connectivity index (χ0) is 12.3. The number of nitrogens with zero attached hydrogens (tertiary/aromatic N) is 1. The maximum absolute atomic E-state index is 2.29. The predicted octanol–water partition coefficient (Wildman–Crippen LogP) is 1.62. The minimum absolute atomic E-state index is 0. The smallest absolute Gasteiger partial charge is 0.331 e. The van der Waals surface area contributed by atoms with Gasteiger partial charge in [0, 0.05) is 0 Å². The zero-order valence-corrected chi connectivity index (χ0v) is 15.2. The van der Waals surface area contributed by atoms with E-state index >= 15 is 0 Å². The molecule has 0 aromatic heterocycles. The molecule has 0 aromatic carbocycles. The van der Waals surface area contributed by atoms with Gasteiger partial charge in [-0.3, -0.25) is 0 Å².